The fourth-order valence-corrected chi connectivity index (χ4v) is 2.52. The number of rotatable bonds is 3. The lowest BCUT2D eigenvalue weighted by Gasteiger charge is -2.21. The molecule has 0 bridgehead atoms. The highest BCUT2D eigenvalue weighted by atomic mass is 28.4. The smallest absolute Gasteiger partial charge is 0.386 e. The summed E-state index contributed by atoms with van der Waals surface area (Å²) in [6, 6.07) is 0. The second-order valence-electron chi connectivity index (χ2n) is 2.93. The number of halogens is 5. The molecule has 3 nitrogen and oxygen atoms in total. The zero-order valence-electron chi connectivity index (χ0n) is 8.65. The van der Waals surface area contributed by atoms with Crippen LogP contribution in [-0.2, 0) is 8.85 Å². The van der Waals surface area contributed by atoms with Crippen molar-refractivity contribution in [2.75, 3.05) is 14.2 Å². The minimum atomic E-state index is -4.64. The van der Waals surface area contributed by atoms with E-state index in [1.54, 1.807) is 0 Å². The van der Waals surface area contributed by atoms with Gasteiger partial charge in [-0.05, 0) is 0 Å². The third-order valence-electron chi connectivity index (χ3n) is 2.08. The van der Waals surface area contributed by atoms with Crippen LogP contribution < -0.4 is 5.19 Å². The van der Waals surface area contributed by atoms with Crippen molar-refractivity contribution in [3.8, 4) is 0 Å². The number of hydrogen-bond donors (Lipinski definition) is 1. The molecule has 0 fully saturated rings. The first-order valence-electron chi connectivity index (χ1n) is 4.14. The van der Waals surface area contributed by atoms with Gasteiger partial charge in [0.2, 0.25) is 5.82 Å². The zero-order chi connectivity index (χ0) is 13.4. The van der Waals surface area contributed by atoms with Gasteiger partial charge in [-0.15, -0.1) is 0 Å². The lowest BCUT2D eigenvalue weighted by Crippen LogP contribution is -2.56. The molecule has 0 radical (unpaired) electrons. The van der Waals surface area contributed by atoms with Crippen molar-refractivity contribution < 1.29 is 35.6 Å². The Kier molecular flexibility index (Phi) is 3.87. The van der Waals surface area contributed by atoms with Crippen LogP contribution in [0.15, 0.2) is 0 Å². The molecular weight excluding hydrogens is 267 g/mol. The Labute approximate surface area is 93.8 Å². The van der Waals surface area contributed by atoms with Gasteiger partial charge in [-0.2, -0.15) is 0 Å². The molecule has 0 saturated heterocycles. The van der Waals surface area contributed by atoms with E-state index in [-0.39, 0.29) is 0 Å². The third kappa shape index (κ3) is 2.06. The zero-order valence-corrected chi connectivity index (χ0v) is 9.65. The first-order valence-corrected chi connectivity index (χ1v) is 5.91. The first-order chi connectivity index (χ1) is 7.80. The van der Waals surface area contributed by atoms with E-state index >= 15 is 0 Å². The average Bonchev–Trinajstić information content (AvgIpc) is 2.33. The van der Waals surface area contributed by atoms with Crippen LogP contribution in [0.4, 0.5) is 22.0 Å². The molecule has 0 amide bonds. The fourth-order valence-electron chi connectivity index (χ4n) is 1.17. The normalized spacial score (nSPS) is 12.0. The lowest BCUT2D eigenvalue weighted by molar-refractivity contribution is 0.166. The molecule has 0 aromatic heterocycles. The van der Waals surface area contributed by atoms with Crippen molar-refractivity contribution in [3.63, 3.8) is 0 Å². The van der Waals surface area contributed by atoms with Crippen molar-refractivity contribution in [2.24, 2.45) is 0 Å². The molecule has 1 rings (SSSR count). The molecule has 96 valence electrons. The highest BCUT2D eigenvalue weighted by Crippen LogP contribution is 2.19. The monoisotopic (exact) mass is 274 g/mol. The summed E-state index contributed by atoms with van der Waals surface area (Å²) >= 11 is 0. The standard InChI is InChI=1S/C8H7F5O3Si/c1-15-17(14,16-2)8-6(12)4(10)3(9)5(11)7(8)13/h14H,1-2H3. The predicted molar refractivity (Wildman–Crippen MR) is 47.9 cm³/mol. The van der Waals surface area contributed by atoms with Crippen LogP contribution in [0.3, 0.4) is 0 Å². The maximum atomic E-state index is 13.3. The molecule has 0 aliphatic rings. The van der Waals surface area contributed by atoms with Crippen molar-refractivity contribution >= 4 is 14.0 Å². The van der Waals surface area contributed by atoms with Crippen LogP contribution in [0, 0.1) is 29.1 Å². The minimum Gasteiger partial charge on any atom is -0.386 e. The van der Waals surface area contributed by atoms with E-state index in [0.717, 1.165) is 14.2 Å². The molecule has 9 heteroatoms. The minimum absolute atomic E-state index is 0.827. The summed E-state index contributed by atoms with van der Waals surface area (Å²) in [4.78, 5) is 9.56. The van der Waals surface area contributed by atoms with Gasteiger partial charge in [0.05, 0.1) is 5.19 Å². The Hall–Kier alpha value is -1.03. The summed E-state index contributed by atoms with van der Waals surface area (Å²) < 4.78 is 73.6. The first kappa shape index (κ1) is 14.0. The summed E-state index contributed by atoms with van der Waals surface area (Å²) in [6.07, 6.45) is 0. The van der Waals surface area contributed by atoms with Gasteiger partial charge in [0.15, 0.2) is 23.3 Å². The predicted octanol–water partition coefficient (Wildman–Crippen LogP) is 0.813. The molecule has 0 aliphatic carbocycles. The van der Waals surface area contributed by atoms with Crippen LogP contribution in [0.25, 0.3) is 0 Å². The Bertz CT molecular complexity index is 420. The Balaban J connectivity index is 3.65. The molecule has 0 saturated carbocycles. The highest BCUT2D eigenvalue weighted by Gasteiger charge is 2.46. The van der Waals surface area contributed by atoms with E-state index in [1.807, 2.05) is 0 Å². The van der Waals surface area contributed by atoms with Gasteiger partial charge in [0.25, 0.3) is 0 Å². The maximum absolute atomic E-state index is 13.3. The molecule has 1 aromatic carbocycles. The molecule has 0 aliphatic heterocycles. The third-order valence-corrected chi connectivity index (χ3v) is 4.26. The van der Waals surface area contributed by atoms with E-state index in [9.17, 15) is 26.7 Å². The van der Waals surface area contributed by atoms with Gasteiger partial charge in [0.1, 0.15) is 0 Å². The Morgan fingerprint density at radius 3 is 1.35 bits per heavy atom. The Morgan fingerprint density at radius 2 is 1.06 bits per heavy atom. The molecular formula is C8H7F5O3Si. The van der Waals surface area contributed by atoms with Gasteiger partial charge >= 0.3 is 8.80 Å². The van der Waals surface area contributed by atoms with E-state index in [1.165, 1.54) is 0 Å². The Morgan fingerprint density at radius 1 is 0.765 bits per heavy atom. The SMILES string of the molecule is CO[Si](O)(OC)c1c(F)c(F)c(F)c(F)c1F. The molecule has 0 heterocycles. The number of hydrogen-bond acceptors (Lipinski definition) is 3. The number of benzene rings is 1. The molecule has 0 atom stereocenters. The maximum Gasteiger partial charge on any atom is 0.540 e. The van der Waals surface area contributed by atoms with E-state index in [0.29, 0.717) is 0 Å². The van der Waals surface area contributed by atoms with Gasteiger partial charge in [0, 0.05) is 14.2 Å². The van der Waals surface area contributed by atoms with Gasteiger partial charge in [-0.1, -0.05) is 0 Å². The van der Waals surface area contributed by atoms with Crippen molar-refractivity contribution in [2.45, 2.75) is 0 Å². The average molecular weight is 274 g/mol. The van der Waals surface area contributed by atoms with Gasteiger partial charge in [-0.25, -0.2) is 22.0 Å². The molecule has 1 N–H and O–H groups in total. The summed E-state index contributed by atoms with van der Waals surface area (Å²) in [5, 5.41) is -1.47. The van der Waals surface area contributed by atoms with E-state index < -0.39 is 43.1 Å². The molecule has 0 spiro atoms. The van der Waals surface area contributed by atoms with Crippen LogP contribution in [0.5, 0.6) is 0 Å². The van der Waals surface area contributed by atoms with Crippen molar-refractivity contribution in [1.29, 1.82) is 0 Å². The van der Waals surface area contributed by atoms with Crippen molar-refractivity contribution in [1.82, 2.24) is 0 Å². The van der Waals surface area contributed by atoms with Gasteiger partial charge in [-0.3, -0.25) is 0 Å². The summed E-state index contributed by atoms with van der Waals surface area (Å²) in [5.74, 6) is -11.0. The molecule has 1 aromatic rings. The van der Waals surface area contributed by atoms with Crippen LogP contribution in [0.1, 0.15) is 0 Å². The highest BCUT2D eigenvalue weighted by molar-refractivity contribution is 6.74. The molecule has 17 heavy (non-hydrogen) atoms. The fraction of sp³-hybridized carbons (Fsp3) is 0.250. The quantitative estimate of drug-likeness (QED) is 0.384. The van der Waals surface area contributed by atoms with E-state index in [2.05, 4.69) is 8.85 Å². The largest absolute Gasteiger partial charge is 0.540 e. The second-order valence-corrected chi connectivity index (χ2v) is 5.42. The molecule has 0 unspecified atom stereocenters. The summed E-state index contributed by atoms with van der Waals surface area (Å²) in [7, 11) is -2.99. The topological polar surface area (TPSA) is 38.7 Å². The lowest BCUT2D eigenvalue weighted by atomic mass is 10.3. The van der Waals surface area contributed by atoms with Crippen LogP contribution in [-0.4, -0.2) is 27.8 Å². The summed E-state index contributed by atoms with van der Waals surface area (Å²) in [6.45, 7) is 0. The van der Waals surface area contributed by atoms with Crippen LogP contribution in [0.2, 0.25) is 0 Å². The van der Waals surface area contributed by atoms with Gasteiger partial charge < -0.3 is 13.6 Å². The van der Waals surface area contributed by atoms with Crippen molar-refractivity contribution in [3.05, 3.63) is 29.1 Å². The van der Waals surface area contributed by atoms with E-state index in [4.69, 9.17) is 0 Å². The van der Waals surface area contributed by atoms with Crippen LogP contribution >= 0.6 is 0 Å². The second kappa shape index (κ2) is 4.68. The summed E-state index contributed by atoms with van der Waals surface area (Å²) in [5.41, 5.74) is 0.